The smallest absolute Gasteiger partial charge is 0.269 e. The number of nitriles is 1. The van der Waals surface area contributed by atoms with E-state index in [4.69, 9.17) is 34.8 Å². The first-order chi connectivity index (χ1) is 16.8. The fourth-order valence-electron chi connectivity index (χ4n) is 3.42. The number of amides is 2. The number of hydrogen-bond acceptors (Lipinski definition) is 4. The highest BCUT2D eigenvalue weighted by Crippen LogP contribution is 2.42. The largest absolute Gasteiger partial charge is 0.321 e. The van der Waals surface area contributed by atoms with Gasteiger partial charge in [-0.25, -0.2) is 4.39 Å². The van der Waals surface area contributed by atoms with Gasteiger partial charge in [0.2, 0.25) is 5.91 Å². The maximum absolute atomic E-state index is 13.5. The molecule has 1 aliphatic heterocycles. The molecule has 1 N–H and O–H groups in total. The van der Waals surface area contributed by atoms with E-state index in [2.05, 4.69) is 5.32 Å². The summed E-state index contributed by atoms with van der Waals surface area (Å²) in [6.45, 7) is 0. The highest BCUT2D eigenvalue weighted by molar-refractivity contribution is 8.05. The molecule has 0 unspecified atom stereocenters. The molecule has 3 aromatic rings. The highest BCUT2D eigenvalue weighted by atomic mass is 35.5. The number of nitrogens with zero attached hydrogens (tertiary/aromatic N) is 2. The van der Waals surface area contributed by atoms with Crippen molar-refractivity contribution in [3.8, 4) is 6.07 Å². The predicted molar refractivity (Wildman–Crippen MR) is 138 cm³/mol. The third-order valence-corrected chi connectivity index (χ3v) is 7.35. The molecule has 176 valence electrons. The zero-order valence-corrected chi connectivity index (χ0v) is 20.9. The average molecular weight is 547 g/mol. The zero-order valence-electron chi connectivity index (χ0n) is 17.8. The zero-order chi connectivity index (χ0) is 25.1. The van der Waals surface area contributed by atoms with Crippen molar-refractivity contribution in [3.63, 3.8) is 0 Å². The first-order valence-corrected chi connectivity index (χ1v) is 12.2. The fraction of sp³-hybridized carbons (Fsp3) is 0.0800. The summed E-state index contributed by atoms with van der Waals surface area (Å²) >= 11 is 19.3. The van der Waals surface area contributed by atoms with Crippen LogP contribution in [0.2, 0.25) is 15.1 Å². The quantitative estimate of drug-likeness (QED) is 0.281. The summed E-state index contributed by atoms with van der Waals surface area (Å²) in [5, 5.41) is 13.3. The molecule has 4 rings (SSSR count). The van der Waals surface area contributed by atoms with Crippen LogP contribution in [0.15, 0.2) is 77.3 Å². The second-order valence-corrected chi connectivity index (χ2v) is 9.90. The van der Waals surface area contributed by atoms with E-state index in [1.807, 2.05) is 6.07 Å². The first-order valence-electron chi connectivity index (χ1n) is 10.2. The number of halogens is 4. The van der Waals surface area contributed by atoms with E-state index in [0.717, 1.165) is 17.3 Å². The number of anilines is 2. The summed E-state index contributed by atoms with van der Waals surface area (Å²) in [6.07, 6.45) is 0.298. The molecule has 2 amide bonds. The summed E-state index contributed by atoms with van der Waals surface area (Å²) < 4.78 is 13.2. The molecule has 1 fully saturated rings. The minimum absolute atomic E-state index is 0.185. The normalized spacial score (nSPS) is 16.7. The Hall–Kier alpha value is -3.02. The van der Waals surface area contributed by atoms with Crippen molar-refractivity contribution < 1.29 is 14.0 Å². The third kappa shape index (κ3) is 5.63. The van der Waals surface area contributed by atoms with Crippen LogP contribution in [-0.2, 0) is 16.0 Å². The van der Waals surface area contributed by atoms with Gasteiger partial charge in [-0.15, -0.1) is 0 Å². The topological polar surface area (TPSA) is 73.2 Å². The molecule has 0 spiro atoms. The van der Waals surface area contributed by atoms with Crippen LogP contribution in [0.1, 0.15) is 5.56 Å². The number of thioether (sulfide) groups is 1. The molecule has 1 heterocycles. The van der Waals surface area contributed by atoms with Crippen molar-refractivity contribution >= 4 is 69.8 Å². The molecule has 0 saturated carbocycles. The van der Waals surface area contributed by atoms with Crippen LogP contribution in [-0.4, -0.2) is 17.1 Å². The minimum Gasteiger partial charge on any atom is -0.321 e. The summed E-state index contributed by atoms with van der Waals surface area (Å²) in [5.41, 5.74) is 1.29. The molecule has 10 heteroatoms. The Labute approximate surface area is 220 Å². The molecule has 1 atom stereocenters. The molecule has 0 aliphatic carbocycles. The average Bonchev–Trinajstić information content (AvgIpc) is 3.14. The van der Waals surface area contributed by atoms with Gasteiger partial charge < -0.3 is 5.32 Å². The Bertz CT molecular complexity index is 1370. The van der Waals surface area contributed by atoms with Gasteiger partial charge >= 0.3 is 0 Å². The fourth-order valence-corrected chi connectivity index (χ4v) is 5.17. The predicted octanol–water partition coefficient (Wildman–Crippen LogP) is 6.85. The van der Waals surface area contributed by atoms with E-state index in [-0.39, 0.29) is 16.5 Å². The maximum Gasteiger partial charge on any atom is 0.269 e. The lowest BCUT2D eigenvalue weighted by Crippen LogP contribution is -2.30. The van der Waals surface area contributed by atoms with Crippen LogP contribution >= 0.6 is 46.6 Å². The number of hydrogen-bond donors (Lipinski definition) is 1. The van der Waals surface area contributed by atoms with Crippen molar-refractivity contribution in [2.24, 2.45) is 0 Å². The first kappa shape index (κ1) is 25.1. The van der Waals surface area contributed by atoms with Crippen molar-refractivity contribution in [2.45, 2.75) is 11.7 Å². The molecule has 0 bridgehead atoms. The van der Waals surface area contributed by atoms with Crippen LogP contribution in [0.4, 0.5) is 15.8 Å². The van der Waals surface area contributed by atoms with Gasteiger partial charge in [0.05, 0.1) is 15.3 Å². The van der Waals surface area contributed by atoms with E-state index in [1.165, 1.54) is 29.2 Å². The van der Waals surface area contributed by atoms with Crippen molar-refractivity contribution in [3.05, 3.63) is 104 Å². The Morgan fingerprint density at radius 3 is 2.34 bits per heavy atom. The molecule has 1 aliphatic rings. The molecular formula is C25H15Cl3FN3O2S. The van der Waals surface area contributed by atoms with Gasteiger partial charge in [0.1, 0.15) is 22.5 Å². The molecule has 1 saturated heterocycles. The van der Waals surface area contributed by atoms with Gasteiger partial charge in [-0.1, -0.05) is 52.6 Å². The lowest BCUT2D eigenvalue weighted by atomic mass is 10.1. The molecule has 35 heavy (non-hydrogen) atoms. The van der Waals surface area contributed by atoms with E-state index >= 15 is 0 Å². The summed E-state index contributed by atoms with van der Waals surface area (Å²) in [7, 11) is 0. The van der Waals surface area contributed by atoms with Crippen LogP contribution < -0.4 is 10.2 Å². The number of nitrogens with one attached hydrogen (secondary N) is 1. The Kier molecular flexibility index (Phi) is 7.68. The van der Waals surface area contributed by atoms with Crippen LogP contribution in [0.25, 0.3) is 0 Å². The number of rotatable bonds is 5. The molecule has 0 radical (unpaired) electrons. The van der Waals surface area contributed by atoms with Gasteiger partial charge in [-0.3, -0.25) is 14.5 Å². The molecule has 5 nitrogen and oxygen atoms in total. The Morgan fingerprint density at radius 1 is 1.03 bits per heavy atom. The summed E-state index contributed by atoms with van der Waals surface area (Å²) in [4.78, 5) is 27.8. The monoisotopic (exact) mass is 545 g/mol. The van der Waals surface area contributed by atoms with Gasteiger partial charge in [0.25, 0.3) is 5.91 Å². The number of carbonyl (C=O) groups excluding carboxylic acids is 2. The summed E-state index contributed by atoms with van der Waals surface area (Å²) in [5.74, 6) is -1.48. The van der Waals surface area contributed by atoms with Crippen molar-refractivity contribution in [1.29, 1.82) is 5.26 Å². The lowest BCUT2D eigenvalue weighted by molar-refractivity contribution is -0.117. The summed E-state index contributed by atoms with van der Waals surface area (Å²) in [6, 6.07) is 18.7. The van der Waals surface area contributed by atoms with Crippen LogP contribution in [0.5, 0.6) is 0 Å². The van der Waals surface area contributed by atoms with Gasteiger partial charge in [0, 0.05) is 16.4 Å². The Morgan fingerprint density at radius 2 is 1.71 bits per heavy atom. The SMILES string of the molecule is N#C/C(C(=O)Nc1ccc(F)cc1)=C1\S[C@H](Cc2ccc(Cl)c(Cl)c2)C(=O)N1c1ccc(Cl)cc1. The van der Waals surface area contributed by atoms with E-state index in [9.17, 15) is 19.2 Å². The van der Waals surface area contributed by atoms with Crippen molar-refractivity contribution in [2.75, 3.05) is 10.2 Å². The van der Waals surface area contributed by atoms with Crippen LogP contribution in [0, 0.1) is 17.1 Å². The maximum atomic E-state index is 13.5. The number of benzene rings is 3. The van der Waals surface area contributed by atoms with Gasteiger partial charge in [-0.2, -0.15) is 5.26 Å². The van der Waals surface area contributed by atoms with Crippen molar-refractivity contribution in [1.82, 2.24) is 0 Å². The molecule has 3 aromatic carbocycles. The van der Waals surface area contributed by atoms with Crippen LogP contribution in [0.3, 0.4) is 0 Å². The number of carbonyl (C=O) groups is 2. The van der Waals surface area contributed by atoms with E-state index in [0.29, 0.717) is 32.9 Å². The van der Waals surface area contributed by atoms with E-state index in [1.54, 1.807) is 42.5 Å². The van der Waals surface area contributed by atoms with E-state index < -0.39 is 17.0 Å². The molecule has 0 aromatic heterocycles. The minimum atomic E-state index is -0.719. The third-order valence-electron chi connectivity index (χ3n) is 5.10. The standard InChI is InChI=1S/C25H15Cl3FN3O2S/c26-15-2-8-18(9-3-15)32-24(34)22(12-14-1-10-20(27)21(28)11-14)35-25(32)19(13-30)23(33)31-17-6-4-16(29)5-7-17/h1-11,22H,12H2,(H,31,33)/b25-19+/t22-/m1/s1. The second-order valence-electron chi connectivity index (χ2n) is 7.46. The Balaban J connectivity index is 1.72. The molecular weight excluding hydrogens is 532 g/mol. The second kappa shape index (κ2) is 10.7. The highest BCUT2D eigenvalue weighted by Gasteiger charge is 2.40. The van der Waals surface area contributed by atoms with Gasteiger partial charge in [-0.05, 0) is 72.6 Å². The lowest BCUT2D eigenvalue weighted by Gasteiger charge is -2.19. The van der Waals surface area contributed by atoms with Gasteiger partial charge in [0.15, 0.2) is 0 Å².